The van der Waals surface area contributed by atoms with Gasteiger partial charge in [-0.3, -0.25) is 67.3 Å². The van der Waals surface area contributed by atoms with Crippen LogP contribution >= 0.6 is 0 Å². The summed E-state index contributed by atoms with van der Waals surface area (Å²) in [7, 11) is 0. The van der Waals surface area contributed by atoms with Gasteiger partial charge in [-0.25, -0.2) is 0 Å². The molecular formula is C65H120N18O14. The van der Waals surface area contributed by atoms with E-state index >= 15 is 0 Å². The van der Waals surface area contributed by atoms with Crippen LogP contribution in [0.15, 0.2) is 4.99 Å². The fourth-order valence-electron chi connectivity index (χ4n) is 10.8. The van der Waals surface area contributed by atoms with Crippen molar-refractivity contribution in [2.75, 3.05) is 39.3 Å². The Morgan fingerprint density at radius 3 is 1.45 bits per heavy atom. The first kappa shape index (κ1) is 87.3. The van der Waals surface area contributed by atoms with E-state index in [1.165, 1.54) is 4.90 Å². The van der Waals surface area contributed by atoms with Gasteiger partial charge < -0.3 is 97.2 Å². The maximum Gasteiger partial charge on any atom is 0.245 e. The van der Waals surface area contributed by atoms with Crippen LogP contribution in [0.3, 0.4) is 0 Å². The van der Waals surface area contributed by atoms with Gasteiger partial charge >= 0.3 is 0 Å². The largest absolute Gasteiger partial charge is 0.394 e. The summed E-state index contributed by atoms with van der Waals surface area (Å²) in [6.07, 6.45) is 4.08. The van der Waals surface area contributed by atoms with Crippen molar-refractivity contribution in [3.63, 3.8) is 0 Å². The minimum atomic E-state index is -1.63. The highest BCUT2D eigenvalue weighted by atomic mass is 16.3. The molecule has 554 valence electrons. The number of likely N-dealkylation sites (tertiary alicyclic amines) is 1. The zero-order chi connectivity index (χ0) is 74.0. The number of aliphatic hydroxyl groups is 1. The summed E-state index contributed by atoms with van der Waals surface area (Å²) in [6.45, 7) is 23.4. The molecular weight excluding hydrogens is 1260 g/mol. The first-order valence-electron chi connectivity index (χ1n) is 34.4. The van der Waals surface area contributed by atoms with E-state index in [0.29, 0.717) is 51.5 Å². The zero-order valence-electron chi connectivity index (χ0n) is 59.9. The molecule has 0 radical (unpaired) electrons. The van der Waals surface area contributed by atoms with E-state index in [1.807, 2.05) is 41.5 Å². The number of carbonyl (C=O) groups is 13. The molecule has 0 aromatic heterocycles. The topological polar surface area (TPSA) is 520 Å². The molecule has 0 aromatic rings. The molecule has 22 N–H and O–H groups in total. The first-order chi connectivity index (χ1) is 45.4. The molecule has 1 saturated heterocycles. The van der Waals surface area contributed by atoms with Crippen molar-refractivity contribution < 1.29 is 67.4 Å². The van der Waals surface area contributed by atoms with Crippen LogP contribution in [0.5, 0.6) is 0 Å². The molecule has 0 aromatic carbocycles. The van der Waals surface area contributed by atoms with Gasteiger partial charge in [-0.1, -0.05) is 116 Å². The molecule has 0 spiro atoms. The summed E-state index contributed by atoms with van der Waals surface area (Å²) < 4.78 is 0. The van der Waals surface area contributed by atoms with Crippen LogP contribution in [0.1, 0.15) is 180 Å². The van der Waals surface area contributed by atoms with Gasteiger partial charge in [-0.05, 0) is 112 Å². The Labute approximate surface area is 572 Å². The third-order valence-electron chi connectivity index (χ3n) is 16.6. The fraction of sp³-hybridized carbons (Fsp3) is 0.785. The second kappa shape index (κ2) is 45.0. The van der Waals surface area contributed by atoms with Gasteiger partial charge in [0, 0.05) is 13.1 Å². The minimum Gasteiger partial charge on any atom is -0.394 e. The summed E-state index contributed by atoms with van der Waals surface area (Å²) in [5.41, 5.74) is 28.4. The van der Waals surface area contributed by atoms with Crippen molar-refractivity contribution in [1.82, 2.24) is 63.4 Å². The Hall–Kier alpha value is -7.74. The lowest BCUT2D eigenvalue weighted by Crippen LogP contribution is -2.60. The first-order valence-corrected chi connectivity index (χ1v) is 34.4. The SMILES string of the molecule is CC[C@@H](C)[C@@H](NC(=O)CNC(=O)[C@@H](CO)NC(=O)[C@@H](CC(C)C)NC(=O)[C@H](NC(=O)[C@@H](CCCN=C(N)N)NC(=O)CNC(=O)[C@H](NC(=O)[C@@H](CC(C)C)NC(=O)[C@H]1CCCN1C(=O)[C@@H](CC(C)C)NC(=O)[C@H](N)CCCCN)[C@H](C)CC)C(C)C)C(=O)N[C@H](CC(C)C)C(N)=O. The van der Waals surface area contributed by atoms with Gasteiger partial charge in [0.1, 0.15) is 60.4 Å². The van der Waals surface area contributed by atoms with Crippen molar-refractivity contribution in [1.29, 1.82) is 0 Å². The molecule has 1 heterocycles. The highest BCUT2D eigenvalue weighted by Gasteiger charge is 2.41. The molecule has 1 rings (SSSR count). The van der Waals surface area contributed by atoms with Crippen LogP contribution in [0.4, 0.5) is 0 Å². The lowest BCUT2D eigenvalue weighted by Gasteiger charge is -2.31. The predicted molar refractivity (Wildman–Crippen MR) is 367 cm³/mol. The average Bonchev–Trinajstić information content (AvgIpc) is 1.75. The van der Waals surface area contributed by atoms with E-state index in [0.717, 1.165) is 0 Å². The number of nitrogens with one attached hydrogen (secondary N) is 11. The standard InChI is InChI=1S/C65H120N18O14/c1-15-39(13)52(82-59(92)45(29-36(7)8)76-60(93)48-23-20-26-83(48)64(97)46(30-37(9)10)78-55(88)41(67)21-17-18-24-66)61(94)73-31-49(85)74-42(22-19-25-71-65(69)70)57(90)81-51(38(11)12)62(95)77-44(28-35(5)6)58(91)79-47(33-84)56(89)72-32-50(86)80-53(40(14)16-2)63(96)75-43(54(68)87)27-34(3)4/h34-48,51-53,84H,15-33,66-67H2,1-14H3,(H2,68,87)(H,72,89)(H,73,94)(H,74,85)(H,75,96)(H,76,93)(H,77,95)(H,78,88)(H,79,91)(H,80,86)(H,81,90)(H,82,92)(H4,69,70,71)/t39-,40-,41-,42-,43-,44-,45-,46-,47-,48-,51-,52-,53-/m1/s1. The molecule has 32 nitrogen and oxygen atoms in total. The van der Waals surface area contributed by atoms with Crippen LogP contribution in [-0.2, 0) is 62.3 Å². The summed E-state index contributed by atoms with van der Waals surface area (Å²) in [5, 5.41) is 39.0. The Morgan fingerprint density at radius 1 is 0.485 bits per heavy atom. The molecule has 13 atom stereocenters. The molecule has 0 saturated carbocycles. The van der Waals surface area contributed by atoms with E-state index in [9.17, 15) is 67.4 Å². The maximum atomic E-state index is 14.3. The van der Waals surface area contributed by atoms with E-state index in [-0.39, 0.29) is 81.2 Å². The van der Waals surface area contributed by atoms with Crippen LogP contribution < -0.4 is 87.2 Å². The van der Waals surface area contributed by atoms with Gasteiger partial charge in [0.05, 0.1) is 25.7 Å². The number of carbonyl (C=O) groups excluding carboxylic acids is 13. The Bertz CT molecular complexity index is 2620. The molecule has 0 unspecified atom stereocenters. The summed E-state index contributed by atoms with van der Waals surface area (Å²) in [6, 6.07) is -13.0. The Kier molecular flexibility index (Phi) is 40.5. The smallest absolute Gasteiger partial charge is 0.245 e. The number of nitrogens with two attached hydrogens (primary N) is 5. The maximum absolute atomic E-state index is 14.3. The van der Waals surface area contributed by atoms with Gasteiger partial charge in [-0.2, -0.15) is 0 Å². The van der Waals surface area contributed by atoms with Crippen LogP contribution in [0.2, 0.25) is 0 Å². The van der Waals surface area contributed by atoms with Gasteiger partial charge in [0.25, 0.3) is 0 Å². The number of unbranched alkanes of at least 4 members (excludes halogenated alkanes) is 1. The number of aliphatic hydroxyl groups excluding tert-OH is 1. The second-order valence-corrected chi connectivity index (χ2v) is 27.5. The van der Waals surface area contributed by atoms with E-state index < -0.39 is 181 Å². The van der Waals surface area contributed by atoms with Crippen LogP contribution in [0, 0.1) is 41.4 Å². The number of hydrogen-bond donors (Lipinski definition) is 17. The molecule has 1 aliphatic heterocycles. The second-order valence-electron chi connectivity index (χ2n) is 27.5. The van der Waals surface area contributed by atoms with Crippen LogP contribution in [-0.4, -0.2) is 199 Å². The van der Waals surface area contributed by atoms with Crippen LogP contribution in [0.25, 0.3) is 0 Å². The third-order valence-corrected chi connectivity index (χ3v) is 16.6. The molecule has 1 fully saturated rings. The summed E-state index contributed by atoms with van der Waals surface area (Å²) in [4.78, 5) is 183. The molecule has 0 aliphatic carbocycles. The minimum absolute atomic E-state index is 0.00821. The molecule has 32 heteroatoms. The molecule has 97 heavy (non-hydrogen) atoms. The van der Waals surface area contributed by atoms with Crippen molar-refractivity contribution in [3.8, 4) is 0 Å². The fourth-order valence-corrected chi connectivity index (χ4v) is 10.8. The van der Waals surface area contributed by atoms with Crippen molar-refractivity contribution >= 4 is 82.8 Å². The number of nitrogens with zero attached hydrogens (tertiary/aromatic N) is 2. The number of hydrogen-bond acceptors (Lipinski definition) is 17. The normalized spacial score (nSPS) is 16.7. The van der Waals surface area contributed by atoms with Gasteiger partial charge in [0.2, 0.25) is 76.8 Å². The number of primary amides is 1. The van der Waals surface area contributed by atoms with Gasteiger partial charge in [-0.15, -0.1) is 0 Å². The molecule has 0 bridgehead atoms. The summed E-state index contributed by atoms with van der Waals surface area (Å²) >= 11 is 0. The number of amides is 13. The molecule has 1 aliphatic rings. The quantitative estimate of drug-likeness (QED) is 0.0170. The van der Waals surface area contributed by atoms with E-state index in [2.05, 4.69) is 63.5 Å². The van der Waals surface area contributed by atoms with E-state index in [4.69, 9.17) is 28.7 Å². The monoisotopic (exact) mass is 1380 g/mol. The summed E-state index contributed by atoms with van der Waals surface area (Å²) in [5.74, 6) is -11.7. The average molecular weight is 1380 g/mol. The van der Waals surface area contributed by atoms with Gasteiger partial charge in [0.15, 0.2) is 5.96 Å². The van der Waals surface area contributed by atoms with Crippen molar-refractivity contribution in [2.24, 2.45) is 75.1 Å². The number of guanidine groups is 1. The predicted octanol–water partition coefficient (Wildman–Crippen LogP) is -2.51. The highest BCUT2D eigenvalue weighted by Crippen LogP contribution is 2.22. The Balaban J connectivity index is 3.32. The van der Waals surface area contributed by atoms with E-state index in [1.54, 1.807) is 55.4 Å². The lowest BCUT2D eigenvalue weighted by molar-refractivity contribution is -0.142. The number of rotatable bonds is 46. The molecule has 13 amide bonds. The van der Waals surface area contributed by atoms with Crippen molar-refractivity contribution in [3.05, 3.63) is 0 Å². The Morgan fingerprint density at radius 2 is 0.938 bits per heavy atom. The number of aliphatic imine (C=N–C) groups is 1. The van der Waals surface area contributed by atoms with Crippen molar-refractivity contribution in [2.45, 2.75) is 247 Å². The highest BCUT2D eigenvalue weighted by molar-refractivity contribution is 5.99. The lowest BCUT2D eigenvalue weighted by atomic mass is 9.96. The zero-order valence-corrected chi connectivity index (χ0v) is 59.9. The third kappa shape index (κ3) is 32.5.